The van der Waals surface area contributed by atoms with Crippen molar-refractivity contribution in [2.24, 2.45) is 0 Å². The van der Waals surface area contributed by atoms with Crippen LogP contribution in [-0.2, 0) is 11.3 Å². The Balaban J connectivity index is 1.61. The second-order valence-corrected chi connectivity index (χ2v) is 7.52. The van der Waals surface area contributed by atoms with Crippen molar-refractivity contribution in [2.75, 3.05) is 0 Å². The Hall–Kier alpha value is -1.92. The maximum Gasteiger partial charge on any atom is 0.233 e. The van der Waals surface area contributed by atoms with Crippen molar-refractivity contribution < 1.29 is 4.79 Å². The fourth-order valence-corrected chi connectivity index (χ4v) is 3.97. The molecule has 0 radical (unpaired) electrons. The van der Waals surface area contributed by atoms with Crippen LogP contribution in [0, 0.1) is 6.92 Å². The van der Waals surface area contributed by atoms with Gasteiger partial charge >= 0.3 is 0 Å². The molecule has 0 aliphatic carbocycles. The second kappa shape index (κ2) is 7.10. The molecule has 0 spiro atoms. The zero-order valence-corrected chi connectivity index (χ0v) is 14.6. The Morgan fingerprint density at radius 1 is 1.26 bits per heavy atom. The van der Waals surface area contributed by atoms with Crippen LogP contribution in [0.25, 0.3) is 10.2 Å². The number of carbonyl (C=O) groups is 1. The van der Waals surface area contributed by atoms with E-state index in [1.165, 1.54) is 17.3 Å². The van der Waals surface area contributed by atoms with E-state index in [0.717, 1.165) is 20.8 Å². The summed E-state index contributed by atoms with van der Waals surface area (Å²) in [5, 5.41) is 5.63. The van der Waals surface area contributed by atoms with E-state index in [4.69, 9.17) is 0 Å². The lowest BCUT2D eigenvalue weighted by Gasteiger charge is -2.12. The van der Waals surface area contributed by atoms with E-state index in [9.17, 15) is 4.79 Å². The summed E-state index contributed by atoms with van der Waals surface area (Å²) in [6.07, 6.45) is 1.55. The van der Waals surface area contributed by atoms with Gasteiger partial charge in [-0.15, -0.1) is 11.3 Å². The molecule has 0 aliphatic rings. The van der Waals surface area contributed by atoms with Gasteiger partial charge in [-0.3, -0.25) is 4.79 Å². The molecular formula is C17H17N3OS2. The van der Waals surface area contributed by atoms with E-state index in [2.05, 4.69) is 15.3 Å². The number of aryl methyl sites for hydroxylation is 1. The minimum atomic E-state index is -0.208. The zero-order valence-electron chi connectivity index (χ0n) is 12.9. The molecule has 0 fully saturated rings. The second-order valence-electron chi connectivity index (χ2n) is 5.28. The summed E-state index contributed by atoms with van der Waals surface area (Å²) in [6, 6.07) is 10.1. The average molecular weight is 343 g/mol. The van der Waals surface area contributed by atoms with Crippen LogP contribution in [0.2, 0.25) is 0 Å². The van der Waals surface area contributed by atoms with E-state index >= 15 is 0 Å². The molecule has 1 unspecified atom stereocenters. The van der Waals surface area contributed by atoms with Gasteiger partial charge < -0.3 is 5.32 Å². The fraction of sp³-hybridized carbons (Fsp3) is 0.235. The van der Waals surface area contributed by atoms with Crippen LogP contribution in [0.4, 0.5) is 0 Å². The normalized spacial score (nSPS) is 12.3. The topological polar surface area (TPSA) is 54.9 Å². The molecule has 1 N–H and O–H groups in total. The Bertz CT molecular complexity index is 814. The molecule has 6 heteroatoms. The highest BCUT2D eigenvalue weighted by molar-refractivity contribution is 8.00. The lowest BCUT2D eigenvalue weighted by atomic mass is 10.1. The number of carbonyl (C=O) groups excluding carboxylic acids is 1. The number of aromatic nitrogens is 2. The molecule has 4 nitrogen and oxygen atoms in total. The number of amides is 1. The third-order valence-electron chi connectivity index (χ3n) is 3.46. The van der Waals surface area contributed by atoms with Crippen molar-refractivity contribution in [3.63, 3.8) is 0 Å². The van der Waals surface area contributed by atoms with Crippen molar-refractivity contribution in [3.8, 4) is 0 Å². The van der Waals surface area contributed by atoms with Gasteiger partial charge in [0.1, 0.15) is 11.4 Å². The van der Waals surface area contributed by atoms with Gasteiger partial charge in [-0.25, -0.2) is 9.97 Å². The molecule has 1 aromatic carbocycles. The molecule has 0 saturated carbocycles. The van der Waals surface area contributed by atoms with Crippen molar-refractivity contribution in [2.45, 2.75) is 30.7 Å². The quantitative estimate of drug-likeness (QED) is 0.565. The molecular weight excluding hydrogens is 326 g/mol. The standard InChI is InChI=1S/C17H17N3OS2/c1-11-3-5-13(6-4-11)9-18-16(21)12(2)23-17-15-14(7-8-22-15)19-10-20-17/h3-8,10,12H,9H2,1-2H3,(H,18,21). The molecule has 1 amide bonds. The van der Waals surface area contributed by atoms with E-state index in [-0.39, 0.29) is 11.2 Å². The van der Waals surface area contributed by atoms with Crippen molar-refractivity contribution in [3.05, 3.63) is 53.2 Å². The van der Waals surface area contributed by atoms with Crippen LogP contribution in [0.5, 0.6) is 0 Å². The minimum Gasteiger partial charge on any atom is -0.351 e. The van der Waals surface area contributed by atoms with Gasteiger partial charge in [0.15, 0.2) is 0 Å². The number of fused-ring (bicyclic) bond motifs is 1. The SMILES string of the molecule is Cc1ccc(CNC(=O)C(C)Sc2ncnc3ccsc23)cc1. The van der Waals surface area contributed by atoms with Crippen LogP contribution in [0.15, 0.2) is 47.1 Å². The first-order valence-corrected chi connectivity index (χ1v) is 9.07. The van der Waals surface area contributed by atoms with E-state index in [1.807, 2.05) is 49.6 Å². The average Bonchev–Trinajstić information content (AvgIpc) is 3.03. The fourth-order valence-electron chi connectivity index (χ4n) is 2.11. The predicted octanol–water partition coefficient (Wildman–Crippen LogP) is 3.80. The molecule has 23 heavy (non-hydrogen) atoms. The molecule has 0 aliphatic heterocycles. The number of benzene rings is 1. The highest BCUT2D eigenvalue weighted by Gasteiger charge is 2.17. The molecule has 1 atom stereocenters. The van der Waals surface area contributed by atoms with Gasteiger partial charge in [0, 0.05) is 6.54 Å². The summed E-state index contributed by atoms with van der Waals surface area (Å²) in [6.45, 7) is 4.49. The largest absolute Gasteiger partial charge is 0.351 e. The lowest BCUT2D eigenvalue weighted by molar-refractivity contribution is -0.120. The summed E-state index contributed by atoms with van der Waals surface area (Å²) in [4.78, 5) is 20.8. The molecule has 0 saturated heterocycles. The summed E-state index contributed by atoms with van der Waals surface area (Å²) < 4.78 is 1.04. The van der Waals surface area contributed by atoms with Gasteiger partial charge in [-0.1, -0.05) is 41.6 Å². The monoisotopic (exact) mass is 343 g/mol. The minimum absolute atomic E-state index is 0.0129. The maximum atomic E-state index is 12.3. The van der Waals surface area contributed by atoms with Gasteiger partial charge in [-0.05, 0) is 30.9 Å². The number of thioether (sulfide) groups is 1. The maximum absolute atomic E-state index is 12.3. The van der Waals surface area contributed by atoms with Crippen molar-refractivity contribution in [1.82, 2.24) is 15.3 Å². The molecule has 2 aromatic heterocycles. The third kappa shape index (κ3) is 3.89. The predicted molar refractivity (Wildman–Crippen MR) is 95.8 cm³/mol. The van der Waals surface area contributed by atoms with E-state index in [1.54, 1.807) is 17.7 Å². The first-order chi connectivity index (χ1) is 11.1. The number of nitrogens with zero attached hydrogens (tertiary/aromatic N) is 2. The van der Waals surface area contributed by atoms with Gasteiger partial charge in [0.05, 0.1) is 15.5 Å². The summed E-state index contributed by atoms with van der Waals surface area (Å²) >= 11 is 3.07. The molecule has 2 heterocycles. The zero-order chi connectivity index (χ0) is 16.2. The number of hydrogen-bond acceptors (Lipinski definition) is 5. The molecule has 118 valence electrons. The summed E-state index contributed by atoms with van der Waals surface area (Å²) in [5.74, 6) is 0.0129. The Labute approximate surface area is 143 Å². The van der Waals surface area contributed by atoms with Crippen LogP contribution >= 0.6 is 23.1 Å². The number of nitrogens with one attached hydrogen (secondary N) is 1. The van der Waals surface area contributed by atoms with E-state index in [0.29, 0.717) is 6.54 Å². The number of thiophene rings is 1. The van der Waals surface area contributed by atoms with Gasteiger partial charge in [0.25, 0.3) is 0 Å². The van der Waals surface area contributed by atoms with E-state index < -0.39 is 0 Å². The smallest absolute Gasteiger partial charge is 0.233 e. The Kier molecular flexibility index (Phi) is 4.93. The first-order valence-electron chi connectivity index (χ1n) is 7.31. The van der Waals surface area contributed by atoms with Crippen LogP contribution < -0.4 is 5.32 Å². The third-order valence-corrected chi connectivity index (χ3v) is 5.60. The van der Waals surface area contributed by atoms with Gasteiger partial charge in [-0.2, -0.15) is 0 Å². The van der Waals surface area contributed by atoms with Crippen LogP contribution in [-0.4, -0.2) is 21.1 Å². The van der Waals surface area contributed by atoms with Gasteiger partial charge in [0.2, 0.25) is 5.91 Å². The summed E-state index contributed by atoms with van der Waals surface area (Å²) in [7, 11) is 0. The van der Waals surface area contributed by atoms with Crippen molar-refractivity contribution in [1.29, 1.82) is 0 Å². The van der Waals surface area contributed by atoms with Crippen LogP contribution in [0.1, 0.15) is 18.1 Å². The first kappa shape index (κ1) is 16.0. The molecule has 0 bridgehead atoms. The number of rotatable bonds is 5. The highest BCUT2D eigenvalue weighted by Crippen LogP contribution is 2.31. The lowest BCUT2D eigenvalue weighted by Crippen LogP contribution is -2.30. The highest BCUT2D eigenvalue weighted by atomic mass is 32.2. The Morgan fingerprint density at radius 2 is 2.04 bits per heavy atom. The molecule has 3 rings (SSSR count). The summed E-state index contributed by atoms with van der Waals surface area (Å²) in [5.41, 5.74) is 3.25. The van der Waals surface area contributed by atoms with Crippen LogP contribution in [0.3, 0.4) is 0 Å². The molecule has 3 aromatic rings. The number of hydrogen-bond donors (Lipinski definition) is 1. The Morgan fingerprint density at radius 3 is 2.83 bits per heavy atom. The van der Waals surface area contributed by atoms with Crippen molar-refractivity contribution >= 4 is 39.2 Å².